The number of aromatic nitrogens is 3. The summed E-state index contributed by atoms with van der Waals surface area (Å²) in [5.74, 6) is -0.00404. The van der Waals surface area contributed by atoms with Crippen molar-refractivity contribution in [3.05, 3.63) is 42.5 Å². The first-order valence-electron chi connectivity index (χ1n) is 7.52. The SMILES string of the molecule is COCCNC(=O)CN(C)[C@@H](C)c1ccc(-n2cncn2)cc1. The average molecular weight is 317 g/mol. The molecule has 0 saturated carbocycles. The summed E-state index contributed by atoms with van der Waals surface area (Å²) in [6.45, 7) is 3.47. The van der Waals surface area contributed by atoms with E-state index in [1.54, 1.807) is 18.1 Å². The zero-order valence-electron chi connectivity index (χ0n) is 13.8. The Kier molecular flexibility index (Phi) is 6.25. The molecule has 0 bridgehead atoms. The van der Waals surface area contributed by atoms with E-state index in [0.29, 0.717) is 19.7 Å². The summed E-state index contributed by atoms with van der Waals surface area (Å²) >= 11 is 0. The number of nitrogens with one attached hydrogen (secondary N) is 1. The van der Waals surface area contributed by atoms with Crippen molar-refractivity contribution in [3.63, 3.8) is 0 Å². The second kappa shape index (κ2) is 8.40. The molecule has 0 aliphatic heterocycles. The van der Waals surface area contributed by atoms with Gasteiger partial charge in [-0.15, -0.1) is 0 Å². The number of carbonyl (C=O) groups is 1. The molecule has 1 aromatic carbocycles. The highest BCUT2D eigenvalue weighted by Crippen LogP contribution is 2.19. The number of hydrogen-bond donors (Lipinski definition) is 1. The predicted molar refractivity (Wildman–Crippen MR) is 87.3 cm³/mol. The maximum atomic E-state index is 11.8. The number of rotatable bonds is 8. The Labute approximate surface area is 136 Å². The maximum Gasteiger partial charge on any atom is 0.234 e. The van der Waals surface area contributed by atoms with E-state index in [1.807, 2.05) is 36.2 Å². The van der Waals surface area contributed by atoms with Gasteiger partial charge in [0.05, 0.1) is 18.8 Å². The fourth-order valence-electron chi connectivity index (χ4n) is 2.21. The third-order valence-corrected chi connectivity index (χ3v) is 3.74. The van der Waals surface area contributed by atoms with Crippen molar-refractivity contribution < 1.29 is 9.53 Å². The Hall–Kier alpha value is -2.25. The Morgan fingerprint density at radius 1 is 1.39 bits per heavy atom. The van der Waals surface area contributed by atoms with Gasteiger partial charge < -0.3 is 10.1 Å². The quantitative estimate of drug-likeness (QED) is 0.736. The average Bonchev–Trinajstić information content (AvgIpc) is 3.09. The monoisotopic (exact) mass is 317 g/mol. The minimum absolute atomic E-state index is 0.00404. The molecule has 1 heterocycles. The standard InChI is InChI=1S/C16H23N5O2/c1-13(20(2)10-16(22)18-8-9-23-3)14-4-6-15(7-5-14)21-12-17-11-19-21/h4-7,11-13H,8-10H2,1-3H3,(H,18,22)/t13-/m0/s1. The van der Waals surface area contributed by atoms with Crippen molar-refractivity contribution in [3.8, 4) is 5.69 Å². The summed E-state index contributed by atoms with van der Waals surface area (Å²) in [4.78, 5) is 17.8. The van der Waals surface area contributed by atoms with Crippen LogP contribution in [0.25, 0.3) is 5.69 Å². The van der Waals surface area contributed by atoms with Crippen LogP contribution in [0.2, 0.25) is 0 Å². The predicted octanol–water partition coefficient (Wildman–Crippen LogP) is 1.02. The molecular formula is C16H23N5O2. The fourth-order valence-corrected chi connectivity index (χ4v) is 2.21. The minimum Gasteiger partial charge on any atom is -0.383 e. The highest BCUT2D eigenvalue weighted by molar-refractivity contribution is 5.78. The number of methoxy groups -OCH3 is 1. The van der Waals surface area contributed by atoms with Crippen molar-refractivity contribution in [2.75, 3.05) is 33.9 Å². The largest absolute Gasteiger partial charge is 0.383 e. The van der Waals surface area contributed by atoms with Gasteiger partial charge in [-0.05, 0) is 31.7 Å². The first kappa shape index (κ1) is 17.1. The number of nitrogens with zero attached hydrogens (tertiary/aromatic N) is 4. The molecule has 0 unspecified atom stereocenters. The van der Waals surface area contributed by atoms with Crippen LogP contribution in [-0.4, -0.2) is 59.4 Å². The highest BCUT2D eigenvalue weighted by atomic mass is 16.5. The van der Waals surface area contributed by atoms with Gasteiger partial charge in [-0.2, -0.15) is 5.10 Å². The van der Waals surface area contributed by atoms with Gasteiger partial charge in [0.15, 0.2) is 0 Å². The molecule has 1 atom stereocenters. The molecule has 124 valence electrons. The third kappa shape index (κ3) is 4.87. The summed E-state index contributed by atoms with van der Waals surface area (Å²) in [7, 11) is 3.55. The number of likely N-dealkylation sites (N-methyl/N-ethyl adjacent to an activating group) is 1. The van der Waals surface area contributed by atoms with Gasteiger partial charge in [-0.1, -0.05) is 12.1 Å². The van der Waals surface area contributed by atoms with Crippen molar-refractivity contribution in [1.29, 1.82) is 0 Å². The van der Waals surface area contributed by atoms with E-state index in [-0.39, 0.29) is 11.9 Å². The van der Waals surface area contributed by atoms with E-state index in [4.69, 9.17) is 4.74 Å². The summed E-state index contributed by atoms with van der Waals surface area (Å²) < 4.78 is 6.63. The van der Waals surface area contributed by atoms with Gasteiger partial charge in [0.1, 0.15) is 12.7 Å². The molecule has 2 rings (SSSR count). The zero-order valence-corrected chi connectivity index (χ0v) is 13.8. The molecule has 0 spiro atoms. The molecule has 1 amide bonds. The van der Waals surface area contributed by atoms with Gasteiger partial charge >= 0.3 is 0 Å². The number of benzene rings is 1. The first-order valence-corrected chi connectivity index (χ1v) is 7.52. The van der Waals surface area contributed by atoms with Gasteiger partial charge in [0, 0.05) is 19.7 Å². The van der Waals surface area contributed by atoms with E-state index < -0.39 is 0 Å². The lowest BCUT2D eigenvalue weighted by Gasteiger charge is -2.24. The van der Waals surface area contributed by atoms with Gasteiger partial charge in [-0.3, -0.25) is 9.69 Å². The Bertz CT molecular complexity index is 597. The second-order valence-corrected chi connectivity index (χ2v) is 5.37. The van der Waals surface area contributed by atoms with E-state index in [0.717, 1.165) is 11.3 Å². The van der Waals surface area contributed by atoms with E-state index in [1.165, 1.54) is 6.33 Å². The summed E-state index contributed by atoms with van der Waals surface area (Å²) in [6.07, 6.45) is 3.17. The van der Waals surface area contributed by atoms with Crippen LogP contribution in [0.3, 0.4) is 0 Å². The topological polar surface area (TPSA) is 72.3 Å². The Morgan fingerprint density at radius 3 is 2.74 bits per heavy atom. The zero-order chi connectivity index (χ0) is 16.7. The lowest BCUT2D eigenvalue weighted by Crippen LogP contribution is -2.37. The molecule has 2 aromatic rings. The molecule has 0 radical (unpaired) electrons. The van der Waals surface area contributed by atoms with E-state index in [2.05, 4.69) is 22.3 Å². The number of amides is 1. The van der Waals surface area contributed by atoms with Crippen molar-refractivity contribution in [2.24, 2.45) is 0 Å². The van der Waals surface area contributed by atoms with Crippen molar-refractivity contribution >= 4 is 5.91 Å². The molecule has 7 nitrogen and oxygen atoms in total. The molecule has 1 N–H and O–H groups in total. The molecule has 7 heteroatoms. The van der Waals surface area contributed by atoms with Crippen LogP contribution in [0.15, 0.2) is 36.9 Å². The number of ether oxygens (including phenoxy) is 1. The number of carbonyl (C=O) groups excluding carboxylic acids is 1. The Morgan fingerprint density at radius 2 is 2.13 bits per heavy atom. The van der Waals surface area contributed by atoms with Gasteiger partial charge in [0.2, 0.25) is 5.91 Å². The molecule has 0 aliphatic carbocycles. The fraction of sp³-hybridized carbons (Fsp3) is 0.438. The van der Waals surface area contributed by atoms with Crippen molar-refractivity contribution in [2.45, 2.75) is 13.0 Å². The summed E-state index contributed by atoms with van der Waals surface area (Å²) in [5, 5.41) is 6.93. The van der Waals surface area contributed by atoms with Gasteiger partial charge in [-0.25, -0.2) is 9.67 Å². The van der Waals surface area contributed by atoms with Crippen LogP contribution in [-0.2, 0) is 9.53 Å². The van der Waals surface area contributed by atoms with Crippen LogP contribution >= 0.6 is 0 Å². The molecule has 23 heavy (non-hydrogen) atoms. The summed E-state index contributed by atoms with van der Waals surface area (Å²) in [6, 6.07) is 8.20. The van der Waals surface area contributed by atoms with Crippen LogP contribution in [0.5, 0.6) is 0 Å². The minimum atomic E-state index is -0.00404. The van der Waals surface area contributed by atoms with Crippen LogP contribution in [0.4, 0.5) is 0 Å². The van der Waals surface area contributed by atoms with Crippen LogP contribution < -0.4 is 5.32 Å². The van der Waals surface area contributed by atoms with E-state index in [9.17, 15) is 4.79 Å². The maximum absolute atomic E-state index is 11.8. The molecule has 0 aliphatic rings. The Balaban J connectivity index is 1.91. The molecular weight excluding hydrogens is 294 g/mol. The second-order valence-electron chi connectivity index (χ2n) is 5.37. The molecule has 0 fully saturated rings. The van der Waals surface area contributed by atoms with Crippen LogP contribution in [0.1, 0.15) is 18.5 Å². The highest BCUT2D eigenvalue weighted by Gasteiger charge is 2.14. The normalized spacial score (nSPS) is 12.3. The van der Waals surface area contributed by atoms with Crippen molar-refractivity contribution in [1.82, 2.24) is 25.0 Å². The van der Waals surface area contributed by atoms with E-state index >= 15 is 0 Å². The van der Waals surface area contributed by atoms with Crippen LogP contribution in [0, 0.1) is 0 Å². The first-order chi connectivity index (χ1) is 11.1. The summed E-state index contributed by atoms with van der Waals surface area (Å²) in [5.41, 5.74) is 2.10. The third-order valence-electron chi connectivity index (χ3n) is 3.74. The molecule has 1 aromatic heterocycles. The smallest absolute Gasteiger partial charge is 0.234 e. The molecule has 0 saturated heterocycles. The lowest BCUT2D eigenvalue weighted by molar-refractivity contribution is -0.122. The van der Waals surface area contributed by atoms with Gasteiger partial charge in [0.25, 0.3) is 0 Å². The lowest BCUT2D eigenvalue weighted by atomic mass is 10.1. The number of hydrogen-bond acceptors (Lipinski definition) is 5.